The van der Waals surface area contributed by atoms with Gasteiger partial charge in [0.2, 0.25) is 0 Å². The number of aromatic amines is 1. The Morgan fingerprint density at radius 1 is 1.03 bits per heavy atom. The summed E-state index contributed by atoms with van der Waals surface area (Å²) in [4.78, 5) is 20.0. The summed E-state index contributed by atoms with van der Waals surface area (Å²) in [6, 6.07) is 20.9. The van der Waals surface area contributed by atoms with Crippen molar-refractivity contribution in [2.24, 2.45) is 5.10 Å². The first-order valence-corrected chi connectivity index (χ1v) is 9.65. The number of ether oxygens (including phenoxy) is 1. The Bertz CT molecular complexity index is 1190. The predicted octanol–water partition coefficient (Wildman–Crippen LogP) is 4.52. The van der Waals surface area contributed by atoms with E-state index in [2.05, 4.69) is 26.6 Å². The molecule has 0 radical (unpaired) electrons. The molecule has 0 saturated carbocycles. The number of imidazole rings is 1. The van der Waals surface area contributed by atoms with Gasteiger partial charge in [-0.05, 0) is 61.4 Å². The number of rotatable bonds is 6. The number of H-pyrrole nitrogens is 1. The van der Waals surface area contributed by atoms with Gasteiger partial charge in [-0.25, -0.2) is 10.4 Å². The molecule has 150 valence electrons. The normalized spacial score (nSPS) is 11.1. The summed E-state index contributed by atoms with van der Waals surface area (Å²) in [6.07, 6.45) is 1.61. The minimum atomic E-state index is -0.280. The van der Waals surface area contributed by atoms with Gasteiger partial charge in [0.25, 0.3) is 5.91 Å². The van der Waals surface area contributed by atoms with Gasteiger partial charge >= 0.3 is 0 Å². The van der Waals surface area contributed by atoms with E-state index < -0.39 is 0 Å². The molecule has 3 aromatic carbocycles. The molecule has 4 aromatic rings. The van der Waals surface area contributed by atoms with Crippen molar-refractivity contribution in [1.29, 1.82) is 0 Å². The number of nitrogens with zero attached hydrogens (tertiary/aromatic N) is 2. The summed E-state index contributed by atoms with van der Waals surface area (Å²) in [5, 5.41) is 4.00. The second kappa shape index (κ2) is 8.61. The van der Waals surface area contributed by atoms with Gasteiger partial charge in [-0.3, -0.25) is 4.79 Å². The molecule has 0 bridgehead atoms. The Morgan fingerprint density at radius 2 is 1.77 bits per heavy atom. The average Bonchev–Trinajstić information content (AvgIpc) is 3.16. The van der Waals surface area contributed by atoms with Gasteiger partial charge in [0.1, 0.15) is 18.2 Å². The van der Waals surface area contributed by atoms with E-state index in [1.54, 1.807) is 30.5 Å². The fourth-order valence-electron chi connectivity index (χ4n) is 2.98. The molecule has 0 saturated heterocycles. The smallest absolute Gasteiger partial charge is 0.271 e. The second-order valence-electron chi connectivity index (χ2n) is 7.13. The second-order valence-corrected chi connectivity index (χ2v) is 7.13. The van der Waals surface area contributed by atoms with E-state index in [-0.39, 0.29) is 5.91 Å². The van der Waals surface area contributed by atoms with Crippen LogP contribution in [0.25, 0.3) is 11.0 Å². The minimum absolute atomic E-state index is 0.280. The highest BCUT2D eigenvalue weighted by Crippen LogP contribution is 2.16. The van der Waals surface area contributed by atoms with Gasteiger partial charge in [0.05, 0.1) is 17.2 Å². The summed E-state index contributed by atoms with van der Waals surface area (Å²) in [7, 11) is 0. The lowest BCUT2D eigenvalue weighted by Crippen LogP contribution is -2.17. The minimum Gasteiger partial charge on any atom is -0.486 e. The van der Waals surface area contributed by atoms with Gasteiger partial charge in [0.15, 0.2) is 0 Å². The summed E-state index contributed by atoms with van der Waals surface area (Å²) in [6.45, 7) is 4.38. The predicted molar refractivity (Wildman–Crippen MR) is 118 cm³/mol. The van der Waals surface area contributed by atoms with Crippen LogP contribution in [-0.2, 0) is 6.61 Å². The molecule has 1 amide bonds. The van der Waals surface area contributed by atoms with Crippen molar-refractivity contribution in [3.05, 3.63) is 94.8 Å². The van der Waals surface area contributed by atoms with E-state index in [4.69, 9.17) is 4.74 Å². The van der Waals surface area contributed by atoms with Crippen LogP contribution in [0.1, 0.15) is 32.9 Å². The molecule has 1 heterocycles. The number of aromatic nitrogens is 2. The monoisotopic (exact) mass is 398 g/mol. The molecule has 0 aliphatic carbocycles. The highest BCUT2D eigenvalue weighted by Gasteiger charge is 2.06. The number of amides is 1. The van der Waals surface area contributed by atoms with Crippen LogP contribution in [0.4, 0.5) is 0 Å². The van der Waals surface area contributed by atoms with Crippen molar-refractivity contribution in [2.45, 2.75) is 20.5 Å². The number of benzene rings is 3. The van der Waals surface area contributed by atoms with Crippen molar-refractivity contribution in [2.75, 3.05) is 0 Å². The maximum absolute atomic E-state index is 12.2. The van der Waals surface area contributed by atoms with Gasteiger partial charge in [-0.1, -0.05) is 35.9 Å². The topological polar surface area (TPSA) is 79.4 Å². The zero-order valence-corrected chi connectivity index (χ0v) is 16.8. The summed E-state index contributed by atoms with van der Waals surface area (Å²) >= 11 is 0. The number of hydrazone groups is 1. The SMILES string of the molecule is Cc1ccc(/C=N/NC(=O)c2ccc(OCc3nc4ccc(C)cc4[nH]3)cc2)cc1. The summed E-state index contributed by atoms with van der Waals surface area (Å²) in [5.74, 6) is 1.13. The van der Waals surface area contributed by atoms with Gasteiger partial charge in [-0.15, -0.1) is 0 Å². The highest BCUT2D eigenvalue weighted by molar-refractivity contribution is 5.95. The Balaban J connectivity index is 1.32. The van der Waals surface area contributed by atoms with Crippen LogP contribution in [0.2, 0.25) is 0 Å². The zero-order valence-electron chi connectivity index (χ0n) is 16.8. The third-order valence-corrected chi connectivity index (χ3v) is 4.64. The van der Waals surface area contributed by atoms with Crippen LogP contribution in [0.15, 0.2) is 71.8 Å². The third-order valence-electron chi connectivity index (χ3n) is 4.64. The van der Waals surface area contributed by atoms with Gasteiger partial charge in [0, 0.05) is 5.56 Å². The van der Waals surface area contributed by atoms with Crippen molar-refractivity contribution >= 4 is 23.2 Å². The Morgan fingerprint density at radius 3 is 2.53 bits per heavy atom. The number of fused-ring (bicyclic) bond motifs is 1. The summed E-state index contributed by atoms with van der Waals surface area (Å²) < 4.78 is 5.78. The lowest BCUT2D eigenvalue weighted by Gasteiger charge is -2.05. The number of nitrogens with one attached hydrogen (secondary N) is 2. The fraction of sp³-hybridized carbons (Fsp3) is 0.125. The van der Waals surface area contributed by atoms with E-state index in [1.807, 2.05) is 50.2 Å². The molecule has 0 aliphatic rings. The van der Waals surface area contributed by atoms with Crippen molar-refractivity contribution in [1.82, 2.24) is 15.4 Å². The van der Waals surface area contributed by atoms with Crippen LogP contribution in [0.5, 0.6) is 5.75 Å². The van der Waals surface area contributed by atoms with Crippen molar-refractivity contribution < 1.29 is 9.53 Å². The highest BCUT2D eigenvalue weighted by atomic mass is 16.5. The lowest BCUT2D eigenvalue weighted by atomic mass is 10.2. The number of carbonyl (C=O) groups excluding carboxylic acids is 1. The maximum Gasteiger partial charge on any atom is 0.271 e. The first kappa shape index (κ1) is 19.4. The van der Waals surface area contributed by atoms with Crippen LogP contribution in [0, 0.1) is 13.8 Å². The molecule has 6 nitrogen and oxygen atoms in total. The van der Waals surface area contributed by atoms with Crippen LogP contribution < -0.4 is 10.2 Å². The maximum atomic E-state index is 12.2. The molecule has 4 rings (SSSR count). The molecule has 30 heavy (non-hydrogen) atoms. The zero-order chi connectivity index (χ0) is 20.9. The van der Waals surface area contributed by atoms with E-state index in [0.29, 0.717) is 17.9 Å². The molecule has 2 N–H and O–H groups in total. The van der Waals surface area contributed by atoms with Gasteiger partial charge in [-0.2, -0.15) is 5.10 Å². The molecular weight excluding hydrogens is 376 g/mol. The molecule has 0 fully saturated rings. The number of aryl methyl sites for hydroxylation is 2. The van der Waals surface area contributed by atoms with E-state index >= 15 is 0 Å². The fourth-order valence-corrected chi connectivity index (χ4v) is 2.98. The molecule has 1 aromatic heterocycles. The molecule has 6 heteroatoms. The summed E-state index contributed by atoms with van der Waals surface area (Å²) in [5.41, 5.74) is 8.22. The van der Waals surface area contributed by atoms with Crippen LogP contribution in [0.3, 0.4) is 0 Å². The molecule has 0 unspecified atom stereocenters. The molecule has 0 atom stereocenters. The largest absolute Gasteiger partial charge is 0.486 e. The number of hydrogen-bond donors (Lipinski definition) is 2. The Hall–Kier alpha value is -3.93. The average molecular weight is 398 g/mol. The molecule has 0 spiro atoms. The lowest BCUT2D eigenvalue weighted by molar-refractivity contribution is 0.0955. The van der Waals surface area contributed by atoms with Crippen molar-refractivity contribution in [3.63, 3.8) is 0 Å². The van der Waals surface area contributed by atoms with Gasteiger partial charge < -0.3 is 9.72 Å². The Labute approximate surface area is 174 Å². The van der Waals surface area contributed by atoms with Crippen molar-refractivity contribution in [3.8, 4) is 5.75 Å². The van der Waals surface area contributed by atoms with E-state index in [1.165, 1.54) is 11.1 Å². The number of hydrogen-bond acceptors (Lipinski definition) is 4. The molecule has 0 aliphatic heterocycles. The first-order chi connectivity index (χ1) is 14.6. The van der Waals surface area contributed by atoms with Crippen LogP contribution >= 0.6 is 0 Å². The Kier molecular flexibility index (Phi) is 5.57. The van der Waals surface area contributed by atoms with E-state index in [9.17, 15) is 4.79 Å². The first-order valence-electron chi connectivity index (χ1n) is 9.65. The standard InChI is InChI=1S/C24H22N4O2/c1-16-3-6-18(7-4-16)14-25-28-24(29)19-8-10-20(11-9-19)30-15-23-26-21-12-5-17(2)13-22(21)27-23/h3-14H,15H2,1-2H3,(H,26,27)(H,28,29)/b25-14+. The van der Waals surface area contributed by atoms with E-state index in [0.717, 1.165) is 22.4 Å². The molecular formula is C24H22N4O2. The van der Waals surface area contributed by atoms with Crippen LogP contribution in [-0.4, -0.2) is 22.1 Å². The third kappa shape index (κ3) is 4.72. The number of carbonyl (C=O) groups is 1. The quantitative estimate of drug-likeness (QED) is 0.370.